The maximum atomic E-state index is 13.2. The highest BCUT2D eigenvalue weighted by Gasteiger charge is 2.16. The number of hydrogen-bond acceptors (Lipinski definition) is 1. The quantitative estimate of drug-likeness (QED) is 0.889. The fourth-order valence-electron chi connectivity index (χ4n) is 1.92. The molecule has 0 saturated heterocycles. The second kappa shape index (κ2) is 5.46. The monoisotopic (exact) mass is 267 g/mol. The van der Waals surface area contributed by atoms with Crippen molar-refractivity contribution in [2.75, 3.05) is 7.05 Å². The van der Waals surface area contributed by atoms with Crippen molar-refractivity contribution in [3.8, 4) is 0 Å². The van der Waals surface area contributed by atoms with Crippen LogP contribution in [-0.4, -0.2) is 7.05 Å². The molecule has 2 aromatic carbocycles. The second-order valence-corrected chi connectivity index (χ2v) is 4.35. The molecule has 94 valence electrons. The Morgan fingerprint density at radius 3 is 2.39 bits per heavy atom. The van der Waals surface area contributed by atoms with Crippen LogP contribution in [0.2, 0.25) is 5.02 Å². The standard InChI is InChI=1S/C14H12ClF2N/c1-18-14(9-3-2-4-10(16)7-9)12-6-5-11(17)8-13(12)15/h2-8,14,18H,1H3. The van der Waals surface area contributed by atoms with Crippen molar-refractivity contribution >= 4 is 11.6 Å². The Morgan fingerprint density at radius 1 is 1.06 bits per heavy atom. The summed E-state index contributed by atoms with van der Waals surface area (Å²) in [5.74, 6) is -0.705. The van der Waals surface area contributed by atoms with Gasteiger partial charge >= 0.3 is 0 Å². The van der Waals surface area contributed by atoms with Crippen LogP contribution in [0.1, 0.15) is 17.2 Å². The van der Waals surface area contributed by atoms with Crippen molar-refractivity contribution in [2.24, 2.45) is 0 Å². The highest BCUT2D eigenvalue weighted by molar-refractivity contribution is 6.31. The lowest BCUT2D eigenvalue weighted by Gasteiger charge is -2.18. The minimum absolute atomic E-state index is 0.270. The van der Waals surface area contributed by atoms with Gasteiger partial charge in [-0.25, -0.2) is 8.78 Å². The first-order valence-electron chi connectivity index (χ1n) is 5.49. The zero-order valence-corrected chi connectivity index (χ0v) is 10.5. The molecule has 1 atom stereocenters. The van der Waals surface area contributed by atoms with Crippen LogP contribution in [0, 0.1) is 11.6 Å². The van der Waals surface area contributed by atoms with E-state index in [-0.39, 0.29) is 11.9 Å². The van der Waals surface area contributed by atoms with Crippen molar-refractivity contribution < 1.29 is 8.78 Å². The SMILES string of the molecule is CNC(c1cccc(F)c1)c1ccc(F)cc1Cl. The number of hydrogen-bond donors (Lipinski definition) is 1. The Hall–Kier alpha value is -1.45. The third kappa shape index (κ3) is 2.68. The third-order valence-electron chi connectivity index (χ3n) is 2.74. The Morgan fingerprint density at radius 2 is 1.78 bits per heavy atom. The highest BCUT2D eigenvalue weighted by atomic mass is 35.5. The summed E-state index contributed by atoms with van der Waals surface area (Å²) in [6.07, 6.45) is 0. The Labute approximate surface area is 109 Å². The molecule has 4 heteroatoms. The van der Waals surface area contributed by atoms with Gasteiger partial charge in [0, 0.05) is 5.02 Å². The largest absolute Gasteiger partial charge is 0.309 e. The van der Waals surface area contributed by atoms with E-state index in [0.717, 1.165) is 5.56 Å². The summed E-state index contributed by atoms with van der Waals surface area (Å²) in [5.41, 5.74) is 1.46. The summed E-state index contributed by atoms with van der Waals surface area (Å²) in [6.45, 7) is 0. The predicted octanol–water partition coefficient (Wildman–Crippen LogP) is 3.93. The van der Waals surface area contributed by atoms with Crippen LogP contribution < -0.4 is 5.32 Å². The number of benzene rings is 2. The van der Waals surface area contributed by atoms with Gasteiger partial charge in [-0.3, -0.25) is 0 Å². The van der Waals surface area contributed by atoms with Crippen LogP contribution in [0.25, 0.3) is 0 Å². The van der Waals surface area contributed by atoms with Crippen LogP contribution in [0.5, 0.6) is 0 Å². The molecule has 0 aliphatic carbocycles. The summed E-state index contributed by atoms with van der Waals surface area (Å²) in [7, 11) is 1.75. The average molecular weight is 268 g/mol. The molecule has 0 amide bonds. The first-order chi connectivity index (χ1) is 8.61. The van der Waals surface area contributed by atoms with Crippen molar-refractivity contribution in [1.29, 1.82) is 0 Å². The zero-order chi connectivity index (χ0) is 13.1. The molecule has 0 radical (unpaired) electrons. The minimum Gasteiger partial charge on any atom is -0.309 e. The Bertz CT molecular complexity index is 557. The van der Waals surface area contributed by atoms with Crippen molar-refractivity contribution in [1.82, 2.24) is 5.32 Å². The van der Waals surface area contributed by atoms with Crippen molar-refractivity contribution in [3.63, 3.8) is 0 Å². The van der Waals surface area contributed by atoms with Gasteiger partial charge in [0.1, 0.15) is 11.6 Å². The lowest BCUT2D eigenvalue weighted by atomic mass is 9.98. The van der Waals surface area contributed by atoms with Crippen LogP contribution in [0.3, 0.4) is 0 Å². The Kier molecular flexibility index (Phi) is 3.94. The number of nitrogens with one attached hydrogen (secondary N) is 1. The number of rotatable bonds is 3. The van der Waals surface area contributed by atoms with Crippen LogP contribution >= 0.6 is 11.6 Å². The van der Waals surface area contributed by atoms with Gasteiger partial charge in [0.15, 0.2) is 0 Å². The summed E-state index contributed by atoms with van der Waals surface area (Å²) in [5, 5.41) is 3.37. The first kappa shape index (κ1) is 13.0. The maximum absolute atomic E-state index is 13.2. The molecular formula is C14H12ClF2N. The van der Waals surface area contributed by atoms with E-state index < -0.39 is 5.82 Å². The second-order valence-electron chi connectivity index (χ2n) is 3.94. The normalized spacial score (nSPS) is 12.4. The summed E-state index contributed by atoms with van der Waals surface area (Å²) in [4.78, 5) is 0. The van der Waals surface area contributed by atoms with E-state index >= 15 is 0 Å². The molecule has 2 rings (SSSR count). The van der Waals surface area contributed by atoms with Gasteiger partial charge in [0.2, 0.25) is 0 Å². The van der Waals surface area contributed by atoms with Crippen LogP contribution in [0.4, 0.5) is 8.78 Å². The lowest BCUT2D eigenvalue weighted by Crippen LogP contribution is -2.18. The predicted molar refractivity (Wildman–Crippen MR) is 68.7 cm³/mol. The molecule has 1 unspecified atom stereocenters. The molecule has 0 aromatic heterocycles. The highest BCUT2D eigenvalue weighted by Crippen LogP contribution is 2.28. The van der Waals surface area contributed by atoms with E-state index in [9.17, 15) is 8.78 Å². The summed E-state index contributed by atoms with van der Waals surface area (Å²) < 4.78 is 26.2. The average Bonchev–Trinajstić information content (AvgIpc) is 2.33. The van der Waals surface area contributed by atoms with Gasteiger partial charge in [-0.15, -0.1) is 0 Å². The maximum Gasteiger partial charge on any atom is 0.124 e. The summed E-state index contributed by atoms with van der Waals surface area (Å²) >= 11 is 6.02. The fourth-order valence-corrected chi connectivity index (χ4v) is 2.20. The van der Waals surface area contributed by atoms with Gasteiger partial charge in [-0.05, 0) is 42.4 Å². The zero-order valence-electron chi connectivity index (χ0n) is 9.75. The molecule has 2 aromatic rings. The topological polar surface area (TPSA) is 12.0 Å². The third-order valence-corrected chi connectivity index (χ3v) is 3.07. The van der Waals surface area contributed by atoms with Gasteiger partial charge < -0.3 is 5.32 Å². The van der Waals surface area contributed by atoms with Crippen molar-refractivity contribution in [2.45, 2.75) is 6.04 Å². The van der Waals surface area contributed by atoms with E-state index in [2.05, 4.69) is 5.32 Å². The van der Waals surface area contributed by atoms with Gasteiger partial charge in [0.05, 0.1) is 6.04 Å². The van der Waals surface area contributed by atoms with Crippen LogP contribution in [0.15, 0.2) is 42.5 Å². The molecule has 0 fully saturated rings. The van der Waals surface area contributed by atoms with Crippen LogP contribution in [-0.2, 0) is 0 Å². The minimum atomic E-state index is -0.391. The molecule has 0 aliphatic rings. The van der Waals surface area contributed by atoms with E-state index in [1.54, 1.807) is 25.2 Å². The van der Waals surface area contributed by atoms with E-state index in [1.165, 1.54) is 24.3 Å². The number of halogens is 3. The molecule has 1 N–H and O–H groups in total. The molecule has 18 heavy (non-hydrogen) atoms. The van der Waals surface area contributed by atoms with E-state index in [1.807, 2.05) is 0 Å². The van der Waals surface area contributed by atoms with Gasteiger partial charge in [-0.1, -0.05) is 29.8 Å². The van der Waals surface area contributed by atoms with Gasteiger partial charge in [0.25, 0.3) is 0 Å². The lowest BCUT2D eigenvalue weighted by molar-refractivity contribution is 0.613. The van der Waals surface area contributed by atoms with E-state index in [4.69, 9.17) is 11.6 Å². The first-order valence-corrected chi connectivity index (χ1v) is 5.87. The molecule has 0 heterocycles. The summed E-state index contributed by atoms with van der Waals surface area (Å²) in [6, 6.07) is 10.2. The fraction of sp³-hybridized carbons (Fsp3) is 0.143. The Balaban J connectivity index is 2.45. The molecule has 1 nitrogen and oxygen atoms in total. The van der Waals surface area contributed by atoms with E-state index in [0.29, 0.717) is 10.6 Å². The molecular weight excluding hydrogens is 256 g/mol. The molecule has 0 aliphatic heterocycles. The van der Waals surface area contributed by atoms with Gasteiger partial charge in [-0.2, -0.15) is 0 Å². The van der Waals surface area contributed by atoms with Crippen molar-refractivity contribution in [3.05, 3.63) is 70.2 Å². The molecule has 0 saturated carbocycles. The molecule has 0 spiro atoms. The molecule has 0 bridgehead atoms. The smallest absolute Gasteiger partial charge is 0.124 e.